The molecule has 1 atom stereocenters. The Balaban J connectivity index is 1.80. The van der Waals surface area contributed by atoms with Crippen molar-refractivity contribution in [1.82, 2.24) is 10.6 Å². The predicted molar refractivity (Wildman–Crippen MR) is 116 cm³/mol. The molecular formula is C21H30N4OS. The summed E-state index contributed by atoms with van der Waals surface area (Å²) in [4.78, 5) is 18.7. The number of anilines is 1. The molecule has 146 valence electrons. The summed E-state index contributed by atoms with van der Waals surface area (Å²) in [6.07, 6.45) is 2.38. The number of thiophene rings is 1. The molecule has 2 aromatic rings. The quantitative estimate of drug-likeness (QED) is 0.473. The van der Waals surface area contributed by atoms with E-state index in [9.17, 15) is 4.79 Å². The molecular weight excluding hydrogens is 356 g/mol. The van der Waals surface area contributed by atoms with Crippen LogP contribution in [0.25, 0.3) is 0 Å². The topological polar surface area (TPSA) is 65.5 Å². The third-order valence-electron chi connectivity index (χ3n) is 4.08. The molecule has 1 heterocycles. The van der Waals surface area contributed by atoms with Gasteiger partial charge in [-0.3, -0.25) is 9.79 Å². The second-order valence-electron chi connectivity index (χ2n) is 6.68. The number of carbonyl (C=O) groups excluding carboxylic acids is 1. The van der Waals surface area contributed by atoms with Gasteiger partial charge in [-0.25, -0.2) is 0 Å². The molecule has 2 rings (SSSR count). The Labute approximate surface area is 166 Å². The Morgan fingerprint density at radius 2 is 1.93 bits per heavy atom. The van der Waals surface area contributed by atoms with E-state index in [2.05, 4.69) is 46.9 Å². The monoisotopic (exact) mass is 386 g/mol. The Kier molecular flexibility index (Phi) is 8.33. The van der Waals surface area contributed by atoms with E-state index in [1.54, 1.807) is 7.05 Å². The lowest BCUT2D eigenvalue weighted by Crippen LogP contribution is -2.42. The maximum atomic E-state index is 11.6. The van der Waals surface area contributed by atoms with Crippen LogP contribution >= 0.6 is 11.3 Å². The number of amides is 1. The zero-order valence-corrected chi connectivity index (χ0v) is 17.5. The van der Waals surface area contributed by atoms with Gasteiger partial charge in [-0.2, -0.15) is 0 Å². The van der Waals surface area contributed by atoms with Crippen molar-refractivity contribution < 1.29 is 4.79 Å². The predicted octanol–water partition coefficient (Wildman–Crippen LogP) is 4.09. The van der Waals surface area contributed by atoms with E-state index in [1.807, 2.05) is 42.5 Å². The highest BCUT2D eigenvalue weighted by Crippen LogP contribution is 2.16. The van der Waals surface area contributed by atoms with Crippen molar-refractivity contribution in [1.29, 1.82) is 0 Å². The number of nitrogens with one attached hydrogen (secondary N) is 3. The third kappa shape index (κ3) is 7.43. The molecule has 1 amide bonds. The number of aliphatic imine (C=N–C) groups is 1. The Hall–Kier alpha value is -2.34. The van der Waals surface area contributed by atoms with E-state index < -0.39 is 0 Å². The normalized spacial score (nSPS) is 12.5. The van der Waals surface area contributed by atoms with Gasteiger partial charge in [0.1, 0.15) is 0 Å². The first kappa shape index (κ1) is 21.0. The fourth-order valence-electron chi connectivity index (χ4n) is 2.72. The van der Waals surface area contributed by atoms with Crippen LogP contribution in [0.5, 0.6) is 0 Å². The molecule has 0 aliphatic heterocycles. The van der Waals surface area contributed by atoms with Crippen molar-refractivity contribution in [3.63, 3.8) is 0 Å². The molecule has 0 spiro atoms. The Bertz CT molecular complexity index is 752. The number of carbonyl (C=O) groups is 1. The van der Waals surface area contributed by atoms with Crippen LogP contribution in [0.4, 0.5) is 5.69 Å². The lowest BCUT2D eigenvalue weighted by atomic mass is 10.2. The summed E-state index contributed by atoms with van der Waals surface area (Å²) >= 11 is 1.84. The summed E-state index contributed by atoms with van der Waals surface area (Å²) in [5.74, 6) is 0.846. The molecule has 0 saturated heterocycles. The first-order valence-corrected chi connectivity index (χ1v) is 10.2. The van der Waals surface area contributed by atoms with Crippen LogP contribution in [0.1, 0.15) is 42.0 Å². The van der Waals surface area contributed by atoms with Crippen LogP contribution in [0.2, 0.25) is 0 Å². The second-order valence-corrected chi connectivity index (χ2v) is 8.06. The summed E-state index contributed by atoms with van der Waals surface area (Å²) < 4.78 is 0. The van der Waals surface area contributed by atoms with Gasteiger partial charge >= 0.3 is 0 Å². The highest BCUT2D eigenvalue weighted by Gasteiger charge is 2.08. The average Bonchev–Trinajstić information content (AvgIpc) is 3.04. The minimum Gasteiger partial charge on any atom is -0.354 e. The summed E-state index contributed by atoms with van der Waals surface area (Å²) in [6.45, 7) is 6.97. The first-order chi connectivity index (χ1) is 13.0. The highest BCUT2D eigenvalue weighted by atomic mass is 32.1. The molecule has 1 aromatic carbocycles. The van der Waals surface area contributed by atoms with Crippen molar-refractivity contribution in [3.05, 3.63) is 51.7 Å². The largest absolute Gasteiger partial charge is 0.354 e. The number of rotatable bonds is 8. The maximum Gasteiger partial charge on any atom is 0.224 e. The molecule has 5 nitrogen and oxygen atoms in total. The standard InChI is InChI=1S/C21H30N4OS/c1-5-6-20(26)25-18-10-8-17(9-11-18)14-23-21(22-4)24-15(2)13-19-12-7-16(3)27-19/h7-12,15H,5-6,13-14H2,1-4H3,(H,25,26)(H2,22,23,24). The molecule has 0 radical (unpaired) electrons. The zero-order chi connectivity index (χ0) is 19.6. The lowest BCUT2D eigenvalue weighted by Gasteiger charge is -2.17. The van der Waals surface area contributed by atoms with E-state index in [-0.39, 0.29) is 5.91 Å². The van der Waals surface area contributed by atoms with Crippen molar-refractivity contribution in [2.75, 3.05) is 12.4 Å². The fourth-order valence-corrected chi connectivity index (χ4v) is 3.74. The average molecular weight is 387 g/mol. The summed E-state index contributed by atoms with van der Waals surface area (Å²) in [7, 11) is 1.78. The highest BCUT2D eigenvalue weighted by molar-refractivity contribution is 7.11. The van der Waals surface area contributed by atoms with Gasteiger partial charge in [-0.05, 0) is 50.1 Å². The number of guanidine groups is 1. The Morgan fingerprint density at radius 3 is 2.52 bits per heavy atom. The van der Waals surface area contributed by atoms with Gasteiger partial charge < -0.3 is 16.0 Å². The van der Waals surface area contributed by atoms with Crippen molar-refractivity contribution in [3.8, 4) is 0 Å². The number of benzene rings is 1. The maximum absolute atomic E-state index is 11.6. The number of nitrogens with zero attached hydrogens (tertiary/aromatic N) is 1. The first-order valence-electron chi connectivity index (χ1n) is 9.41. The van der Waals surface area contributed by atoms with Crippen LogP contribution in [0.3, 0.4) is 0 Å². The fraction of sp³-hybridized carbons (Fsp3) is 0.429. The molecule has 3 N–H and O–H groups in total. The van der Waals surface area contributed by atoms with Crippen LogP contribution in [0.15, 0.2) is 41.4 Å². The molecule has 27 heavy (non-hydrogen) atoms. The summed E-state index contributed by atoms with van der Waals surface area (Å²) in [5, 5.41) is 9.68. The van der Waals surface area contributed by atoms with Crippen molar-refractivity contribution in [2.24, 2.45) is 4.99 Å². The van der Waals surface area contributed by atoms with E-state index >= 15 is 0 Å². The van der Waals surface area contributed by atoms with Crippen LogP contribution < -0.4 is 16.0 Å². The zero-order valence-electron chi connectivity index (χ0n) is 16.6. The van der Waals surface area contributed by atoms with Crippen LogP contribution in [0, 0.1) is 6.92 Å². The van der Waals surface area contributed by atoms with Crippen molar-refractivity contribution >= 4 is 28.9 Å². The van der Waals surface area contributed by atoms with Gasteiger partial charge in [0.25, 0.3) is 0 Å². The summed E-state index contributed by atoms with van der Waals surface area (Å²) in [5.41, 5.74) is 1.97. The molecule has 1 aromatic heterocycles. The number of aryl methyl sites for hydroxylation is 1. The number of hydrogen-bond acceptors (Lipinski definition) is 3. The van der Waals surface area contributed by atoms with Gasteiger partial charge in [-0.1, -0.05) is 19.1 Å². The third-order valence-corrected chi connectivity index (χ3v) is 5.11. The second kappa shape index (κ2) is 10.7. The smallest absolute Gasteiger partial charge is 0.224 e. The lowest BCUT2D eigenvalue weighted by molar-refractivity contribution is -0.116. The molecule has 0 saturated carbocycles. The molecule has 0 aliphatic rings. The number of hydrogen-bond donors (Lipinski definition) is 3. The van der Waals surface area contributed by atoms with E-state index in [0.717, 1.165) is 30.1 Å². The van der Waals surface area contributed by atoms with Gasteiger partial charge in [-0.15, -0.1) is 11.3 Å². The summed E-state index contributed by atoms with van der Waals surface area (Å²) in [6, 6.07) is 12.5. The van der Waals surface area contributed by atoms with Crippen molar-refractivity contribution in [2.45, 2.75) is 52.6 Å². The Morgan fingerprint density at radius 1 is 1.19 bits per heavy atom. The van der Waals surface area contributed by atoms with Gasteiger partial charge in [0, 0.05) is 47.9 Å². The molecule has 0 aliphatic carbocycles. The van der Waals surface area contributed by atoms with Gasteiger partial charge in [0.15, 0.2) is 5.96 Å². The van der Waals surface area contributed by atoms with Gasteiger partial charge in [0.05, 0.1) is 0 Å². The van der Waals surface area contributed by atoms with E-state index in [1.165, 1.54) is 9.75 Å². The minimum absolute atomic E-state index is 0.0582. The van der Waals surface area contributed by atoms with Gasteiger partial charge in [0.2, 0.25) is 5.91 Å². The molecule has 6 heteroatoms. The van der Waals surface area contributed by atoms with Crippen LogP contribution in [-0.4, -0.2) is 25.0 Å². The molecule has 0 fully saturated rings. The SMILES string of the molecule is CCCC(=O)Nc1ccc(CNC(=NC)NC(C)Cc2ccc(C)s2)cc1. The molecule has 0 bridgehead atoms. The molecule has 1 unspecified atom stereocenters. The van der Waals surface area contributed by atoms with Crippen LogP contribution in [-0.2, 0) is 17.8 Å². The van der Waals surface area contributed by atoms with E-state index in [4.69, 9.17) is 0 Å². The minimum atomic E-state index is 0.0582. The van der Waals surface area contributed by atoms with E-state index in [0.29, 0.717) is 19.0 Å².